The monoisotopic (exact) mass is 238 g/mol. The van der Waals surface area contributed by atoms with Crippen LogP contribution in [0, 0.1) is 0 Å². The SMILES string of the molecule is C=CCCOCCn1cc(CNCCC)nn1. The summed E-state index contributed by atoms with van der Waals surface area (Å²) in [7, 11) is 0. The average molecular weight is 238 g/mol. The molecular weight excluding hydrogens is 216 g/mol. The second-order valence-corrected chi connectivity index (χ2v) is 3.84. The minimum atomic E-state index is 0.666. The molecule has 96 valence electrons. The molecule has 1 N–H and O–H groups in total. The van der Waals surface area contributed by atoms with Crippen molar-refractivity contribution < 1.29 is 4.74 Å². The van der Waals surface area contributed by atoms with Gasteiger partial charge in [-0.05, 0) is 19.4 Å². The summed E-state index contributed by atoms with van der Waals surface area (Å²) in [6.07, 6.45) is 5.83. The smallest absolute Gasteiger partial charge is 0.0964 e. The molecule has 0 fully saturated rings. The number of nitrogens with one attached hydrogen (secondary N) is 1. The van der Waals surface area contributed by atoms with Gasteiger partial charge in [0.25, 0.3) is 0 Å². The Morgan fingerprint density at radius 2 is 2.41 bits per heavy atom. The lowest BCUT2D eigenvalue weighted by Gasteiger charge is -2.01. The lowest BCUT2D eigenvalue weighted by molar-refractivity contribution is 0.127. The van der Waals surface area contributed by atoms with Crippen molar-refractivity contribution >= 4 is 0 Å². The van der Waals surface area contributed by atoms with Gasteiger partial charge in [-0.3, -0.25) is 0 Å². The molecule has 1 aromatic rings. The largest absolute Gasteiger partial charge is 0.379 e. The Morgan fingerprint density at radius 3 is 3.18 bits per heavy atom. The minimum Gasteiger partial charge on any atom is -0.379 e. The van der Waals surface area contributed by atoms with E-state index in [2.05, 4.69) is 29.1 Å². The van der Waals surface area contributed by atoms with Gasteiger partial charge >= 0.3 is 0 Å². The first kappa shape index (κ1) is 13.9. The number of rotatable bonds is 10. The second kappa shape index (κ2) is 8.90. The Morgan fingerprint density at radius 1 is 1.53 bits per heavy atom. The highest BCUT2D eigenvalue weighted by atomic mass is 16.5. The fourth-order valence-corrected chi connectivity index (χ4v) is 1.35. The minimum absolute atomic E-state index is 0.666. The predicted molar refractivity (Wildman–Crippen MR) is 67.7 cm³/mol. The van der Waals surface area contributed by atoms with Gasteiger partial charge in [0.1, 0.15) is 0 Å². The van der Waals surface area contributed by atoms with Gasteiger partial charge < -0.3 is 10.1 Å². The Bertz CT molecular complexity index is 311. The van der Waals surface area contributed by atoms with E-state index < -0.39 is 0 Å². The van der Waals surface area contributed by atoms with Crippen LogP contribution >= 0.6 is 0 Å². The Balaban J connectivity index is 2.14. The van der Waals surface area contributed by atoms with Crippen molar-refractivity contribution in [2.24, 2.45) is 0 Å². The maximum absolute atomic E-state index is 5.41. The van der Waals surface area contributed by atoms with Gasteiger partial charge in [-0.15, -0.1) is 11.7 Å². The van der Waals surface area contributed by atoms with Crippen LogP contribution in [-0.4, -0.2) is 34.8 Å². The zero-order chi connectivity index (χ0) is 12.3. The van der Waals surface area contributed by atoms with Crippen molar-refractivity contribution in [3.63, 3.8) is 0 Å². The van der Waals surface area contributed by atoms with Crippen LogP contribution in [0.2, 0.25) is 0 Å². The molecule has 0 aromatic carbocycles. The molecule has 0 bridgehead atoms. The molecule has 5 nitrogen and oxygen atoms in total. The lowest BCUT2D eigenvalue weighted by Crippen LogP contribution is -2.14. The van der Waals surface area contributed by atoms with Gasteiger partial charge in [0.15, 0.2) is 0 Å². The highest BCUT2D eigenvalue weighted by Crippen LogP contribution is 1.93. The Labute approximate surface area is 103 Å². The van der Waals surface area contributed by atoms with Gasteiger partial charge in [0, 0.05) is 12.7 Å². The van der Waals surface area contributed by atoms with Gasteiger partial charge in [0.2, 0.25) is 0 Å². The van der Waals surface area contributed by atoms with Crippen molar-refractivity contribution in [2.45, 2.75) is 32.9 Å². The topological polar surface area (TPSA) is 52.0 Å². The number of hydrogen-bond acceptors (Lipinski definition) is 4. The van der Waals surface area contributed by atoms with Crippen LogP contribution in [0.3, 0.4) is 0 Å². The van der Waals surface area contributed by atoms with Crippen LogP contribution in [0.4, 0.5) is 0 Å². The average Bonchev–Trinajstić information content (AvgIpc) is 2.77. The summed E-state index contributed by atoms with van der Waals surface area (Å²) >= 11 is 0. The molecule has 0 saturated carbocycles. The van der Waals surface area contributed by atoms with E-state index in [1.165, 1.54) is 0 Å². The molecule has 0 unspecified atom stereocenters. The van der Waals surface area contributed by atoms with Crippen LogP contribution in [0.25, 0.3) is 0 Å². The summed E-state index contributed by atoms with van der Waals surface area (Å²) in [4.78, 5) is 0. The summed E-state index contributed by atoms with van der Waals surface area (Å²) in [6, 6.07) is 0. The third-order valence-electron chi connectivity index (χ3n) is 2.25. The Hall–Kier alpha value is -1.20. The van der Waals surface area contributed by atoms with E-state index in [1.54, 1.807) is 0 Å². The van der Waals surface area contributed by atoms with E-state index >= 15 is 0 Å². The fourth-order valence-electron chi connectivity index (χ4n) is 1.35. The van der Waals surface area contributed by atoms with E-state index in [-0.39, 0.29) is 0 Å². The quantitative estimate of drug-likeness (QED) is 0.494. The van der Waals surface area contributed by atoms with Crippen LogP contribution in [0.1, 0.15) is 25.5 Å². The highest BCUT2D eigenvalue weighted by Gasteiger charge is 1.99. The van der Waals surface area contributed by atoms with Crippen LogP contribution < -0.4 is 5.32 Å². The molecule has 0 spiro atoms. The first-order valence-electron chi connectivity index (χ1n) is 6.15. The molecule has 1 aromatic heterocycles. The second-order valence-electron chi connectivity index (χ2n) is 3.84. The molecule has 1 rings (SSSR count). The van der Waals surface area contributed by atoms with Gasteiger partial charge in [0.05, 0.1) is 25.5 Å². The maximum Gasteiger partial charge on any atom is 0.0964 e. The van der Waals surface area contributed by atoms with Crippen LogP contribution in [0.15, 0.2) is 18.9 Å². The summed E-state index contributed by atoms with van der Waals surface area (Å²) in [5.74, 6) is 0. The molecule has 17 heavy (non-hydrogen) atoms. The van der Waals surface area contributed by atoms with E-state index in [9.17, 15) is 0 Å². The normalized spacial score (nSPS) is 10.6. The third-order valence-corrected chi connectivity index (χ3v) is 2.25. The van der Waals surface area contributed by atoms with Crippen LogP contribution in [0.5, 0.6) is 0 Å². The molecule has 0 aliphatic heterocycles. The molecule has 0 radical (unpaired) electrons. The molecule has 0 aliphatic rings. The standard InChI is InChI=1S/C12H22N4O/c1-3-5-8-17-9-7-16-11-12(14-15-16)10-13-6-4-2/h3,11,13H,1,4-10H2,2H3. The zero-order valence-electron chi connectivity index (χ0n) is 10.6. The number of aromatic nitrogens is 3. The zero-order valence-corrected chi connectivity index (χ0v) is 10.6. The lowest BCUT2D eigenvalue weighted by atomic mass is 10.4. The van der Waals surface area contributed by atoms with Crippen molar-refractivity contribution in [3.05, 3.63) is 24.5 Å². The molecule has 0 aliphatic carbocycles. The molecular formula is C12H22N4O. The summed E-state index contributed by atoms with van der Waals surface area (Å²) in [6.45, 7) is 9.72. The molecule has 0 atom stereocenters. The highest BCUT2D eigenvalue weighted by molar-refractivity contribution is 4.91. The van der Waals surface area contributed by atoms with E-state index in [1.807, 2.05) is 17.0 Å². The summed E-state index contributed by atoms with van der Waals surface area (Å²) in [5.41, 5.74) is 0.976. The molecule has 0 saturated heterocycles. The molecule has 5 heteroatoms. The number of nitrogens with zero attached hydrogens (tertiary/aromatic N) is 3. The molecule has 0 amide bonds. The maximum atomic E-state index is 5.41. The number of hydrogen-bond donors (Lipinski definition) is 1. The van der Waals surface area contributed by atoms with Gasteiger partial charge in [-0.1, -0.05) is 18.2 Å². The van der Waals surface area contributed by atoms with E-state index in [0.717, 1.165) is 44.8 Å². The van der Waals surface area contributed by atoms with Crippen molar-refractivity contribution in [1.82, 2.24) is 20.3 Å². The van der Waals surface area contributed by atoms with Crippen molar-refractivity contribution in [2.75, 3.05) is 19.8 Å². The first-order chi connectivity index (χ1) is 8.36. The number of ether oxygens (including phenoxy) is 1. The summed E-state index contributed by atoms with van der Waals surface area (Å²) in [5, 5.41) is 11.4. The van der Waals surface area contributed by atoms with E-state index in [4.69, 9.17) is 4.74 Å². The van der Waals surface area contributed by atoms with Gasteiger partial charge in [-0.2, -0.15) is 0 Å². The van der Waals surface area contributed by atoms with Crippen LogP contribution in [-0.2, 0) is 17.8 Å². The predicted octanol–water partition coefficient (Wildman–Crippen LogP) is 1.37. The van der Waals surface area contributed by atoms with Crippen molar-refractivity contribution in [1.29, 1.82) is 0 Å². The third kappa shape index (κ3) is 6.19. The van der Waals surface area contributed by atoms with E-state index in [0.29, 0.717) is 6.61 Å². The molecule has 1 heterocycles. The van der Waals surface area contributed by atoms with Crippen molar-refractivity contribution in [3.8, 4) is 0 Å². The fraction of sp³-hybridized carbons (Fsp3) is 0.667. The first-order valence-corrected chi connectivity index (χ1v) is 6.15. The Kier molecular flexibility index (Phi) is 7.25. The van der Waals surface area contributed by atoms with Gasteiger partial charge in [-0.25, -0.2) is 4.68 Å². The summed E-state index contributed by atoms with van der Waals surface area (Å²) < 4.78 is 7.23.